The Hall–Kier alpha value is -2.93. The van der Waals surface area contributed by atoms with Crippen molar-refractivity contribution in [1.29, 1.82) is 0 Å². The lowest BCUT2D eigenvalue weighted by Gasteiger charge is -2.35. The number of carbonyl (C=O) groups excluding carboxylic acids is 1. The average molecular weight is 441 g/mol. The Bertz CT molecular complexity index is 935. The smallest absolute Gasteiger partial charge is 0.254 e. The molecule has 1 heterocycles. The number of halogens is 1. The Labute approximate surface area is 189 Å². The van der Waals surface area contributed by atoms with E-state index in [4.69, 9.17) is 4.74 Å². The molecule has 0 aromatic heterocycles. The van der Waals surface area contributed by atoms with Crippen LogP contribution in [0.25, 0.3) is 0 Å². The van der Waals surface area contributed by atoms with Gasteiger partial charge in [-0.05, 0) is 68.1 Å². The van der Waals surface area contributed by atoms with Gasteiger partial charge >= 0.3 is 0 Å². The van der Waals surface area contributed by atoms with Crippen LogP contribution in [0.1, 0.15) is 40.9 Å². The van der Waals surface area contributed by atoms with E-state index in [2.05, 4.69) is 15.6 Å². The number of nitrogens with one attached hydrogen (secondary N) is 2. The summed E-state index contributed by atoms with van der Waals surface area (Å²) in [4.78, 5) is 18.9. The third-order valence-corrected chi connectivity index (χ3v) is 5.58. The van der Waals surface area contributed by atoms with Gasteiger partial charge in [-0.2, -0.15) is 0 Å². The summed E-state index contributed by atoms with van der Waals surface area (Å²) in [6.07, 6.45) is 0.886. The summed E-state index contributed by atoms with van der Waals surface area (Å²) in [6.45, 7) is 8.42. The molecule has 32 heavy (non-hydrogen) atoms. The Morgan fingerprint density at radius 1 is 1.12 bits per heavy atom. The number of ether oxygens (including phenoxy) is 1. The number of guanidine groups is 1. The van der Waals surface area contributed by atoms with E-state index in [1.165, 1.54) is 6.07 Å². The minimum absolute atomic E-state index is 0.0417. The highest BCUT2D eigenvalue weighted by Crippen LogP contribution is 2.15. The van der Waals surface area contributed by atoms with Crippen molar-refractivity contribution in [2.75, 3.05) is 26.7 Å². The molecule has 172 valence electrons. The van der Waals surface area contributed by atoms with Gasteiger partial charge in [-0.15, -0.1) is 0 Å². The number of hydrogen-bond donors (Lipinski definition) is 2. The molecule has 2 unspecified atom stereocenters. The van der Waals surface area contributed by atoms with Crippen LogP contribution in [0, 0.1) is 12.7 Å². The largest absolute Gasteiger partial charge is 0.372 e. The van der Waals surface area contributed by atoms with Crippen LogP contribution >= 0.6 is 0 Å². The van der Waals surface area contributed by atoms with Crippen LogP contribution in [0.2, 0.25) is 0 Å². The van der Waals surface area contributed by atoms with E-state index in [9.17, 15) is 9.18 Å². The number of rotatable bonds is 6. The van der Waals surface area contributed by atoms with Crippen molar-refractivity contribution in [1.82, 2.24) is 15.5 Å². The van der Waals surface area contributed by atoms with Crippen LogP contribution in [0.4, 0.5) is 4.39 Å². The Morgan fingerprint density at radius 3 is 2.44 bits per heavy atom. The maximum absolute atomic E-state index is 13.2. The van der Waals surface area contributed by atoms with E-state index in [-0.39, 0.29) is 23.9 Å². The van der Waals surface area contributed by atoms with Gasteiger partial charge in [0, 0.05) is 38.8 Å². The van der Waals surface area contributed by atoms with Gasteiger partial charge < -0.3 is 20.3 Å². The van der Waals surface area contributed by atoms with Crippen molar-refractivity contribution >= 4 is 11.9 Å². The van der Waals surface area contributed by atoms with Crippen LogP contribution < -0.4 is 10.6 Å². The quantitative estimate of drug-likeness (QED) is 0.534. The fourth-order valence-electron chi connectivity index (χ4n) is 3.95. The Kier molecular flexibility index (Phi) is 8.22. The molecule has 0 saturated carbocycles. The predicted molar refractivity (Wildman–Crippen MR) is 125 cm³/mol. The second-order valence-corrected chi connectivity index (χ2v) is 8.34. The van der Waals surface area contributed by atoms with Crippen LogP contribution in [-0.4, -0.2) is 55.7 Å². The Morgan fingerprint density at radius 2 is 1.81 bits per heavy atom. The fourth-order valence-corrected chi connectivity index (χ4v) is 3.95. The summed E-state index contributed by atoms with van der Waals surface area (Å²) in [5.41, 5.74) is 3.80. The number of carbonyl (C=O) groups is 1. The molecule has 0 aliphatic carbocycles. The first-order valence-corrected chi connectivity index (χ1v) is 11.1. The third-order valence-electron chi connectivity index (χ3n) is 5.58. The van der Waals surface area contributed by atoms with Gasteiger partial charge in [0.15, 0.2) is 5.96 Å². The van der Waals surface area contributed by atoms with Gasteiger partial charge in [0.05, 0.1) is 12.2 Å². The summed E-state index contributed by atoms with van der Waals surface area (Å²) < 4.78 is 19.0. The standard InChI is InChI=1S/C25H33FN4O2/c1-17-13-23(26)10-9-21(17)11-12-28-25(27-4)29-14-20-5-7-22(8-6-20)24(31)30-15-18(2)32-19(3)16-30/h5-10,13,18-19H,11-12,14-16H2,1-4H3,(H2,27,28,29). The molecule has 1 amide bonds. The van der Waals surface area contributed by atoms with Gasteiger partial charge in [0.2, 0.25) is 0 Å². The zero-order valence-corrected chi connectivity index (χ0v) is 19.3. The molecule has 2 aromatic carbocycles. The van der Waals surface area contributed by atoms with Crippen molar-refractivity contribution in [3.05, 3.63) is 70.5 Å². The molecule has 6 nitrogen and oxygen atoms in total. The third kappa shape index (κ3) is 6.53. The second-order valence-electron chi connectivity index (χ2n) is 8.34. The normalized spacial score (nSPS) is 19.0. The highest BCUT2D eigenvalue weighted by Gasteiger charge is 2.26. The number of aryl methyl sites for hydroxylation is 1. The van der Waals surface area contributed by atoms with Gasteiger partial charge in [-0.1, -0.05) is 18.2 Å². The number of hydrogen-bond acceptors (Lipinski definition) is 3. The van der Waals surface area contributed by atoms with E-state index in [1.54, 1.807) is 13.1 Å². The maximum atomic E-state index is 13.2. The molecule has 2 N–H and O–H groups in total. The van der Waals surface area contributed by atoms with Crippen LogP contribution in [0.3, 0.4) is 0 Å². The molecule has 2 atom stereocenters. The molecular weight excluding hydrogens is 407 g/mol. The van der Waals surface area contributed by atoms with Gasteiger partial charge in [0.1, 0.15) is 5.82 Å². The van der Waals surface area contributed by atoms with Crippen molar-refractivity contribution in [3.63, 3.8) is 0 Å². The van der Waals surface area contributed by atoms with Crippen molar-refractivity contribution < 1.29 is 13.9 Å². The zero-order chi connectivity index (χ0) is 23.1. The van der Waals surface area contributed by atoms with Crippen LogP contribution in [0.5, 0.6) is 0 Å². The van der Waals surface area contributed by atoms with Crippen LogP contribution in [-0.2, 0) is 17.7 Å². The number of aliphatic imine (C=N–C) groups is 1. The monoisotopic (exact) mass is 440 g/mol. The summed E-state index contributed by atoms with van der Waals surface area (Å²) in [6, 6.07) is 12.5. The molecule has 0 bridgehead atoms. The molecule has 0 radical (unpaired) electrons. The number of nitrogens with zero attached hydrogens (tertiary/aromatic N) is 2. The summed E-state index contributed by atoms with van der Waals surface area (Å²) in [5, 5.41) is 6.57. The van der Waals surface area contributed by atoms with Gasteiger partial charge in [0.25, 0.3) is 5.91 Å². The first kappa shape index (κ1) is 23.7. The molecule has 1 saturated heterocycles. The molecule has 7 heteroatoms. The van der Waals surface area contributed by atoms with Crippen molar-refractivity contribution in [3.8, 4) is 0 Å². The van der Waals surface area contributed by atoms with E-state index >= 15 is 0 Å². The molecule has 1 aliphatic heterocycles. The minimum atomic E-state index is -0.210. The van der Waals surface area contributed by atoms with Crippen molar-refractivity contribution in [2.45, 2.75) is 45.9 Å². The highest BCUT2D eigenvalue weighted by molar-refractivity contribution is 5.94. The van der Waals surface area contributed by atoms with Gasteiger partial charge in [-0.3, -0.25) is 9.79 Å². The zero-order valence-electron chi connectivity index (χ0n) is 19.3. The number of benzene rings is 2. The first-order chi connectivity index (χ1) is 15.4. The first-order valence-electron chi connectivity index (χ1n) is 11.1. The second kappa shape index (κ2) is 11.1. The SMILES string of the molecule is CN=C(NCCc1ccc(F)cc1C)NCc1ccc(C(=O)N2CC(C)OC(C)C2)cc1. The predicted octanol–water partition coefficient (Wildman–Crippen LogP) is 3.29. The van der Waals surface area contributed by atoms with Crippen molar-refractivity contribution in [2.24, 2.45) is 4.99 Å². The molecule has 3 rings (SSSR count). The topological polar surface area (TPSA) is 66.0 Å². The molecule has 2 aromatic rings. The Balaban J connectivity index is 1.47. The van der Waals surface area contributed by atoms with Gasteiger partial charge in [-0.25, -0.2) is 4.39 Å². The average Bonchev–Trinajstić information content (AvgIpc) is 2.76. The minimum Gasteiger partial charge on any atom is -0.372 e. The number of amides is 1. The lowest BCUT2D eigenvalue weighted by molar-refractivity contribution is -0.0586. The van der Waals surface area contributed by atoms with Crippen LogP contribution in [0.15, 0.2) is 47.5 Å². The molecule has 1 fully saturated rings. The van der Waals surface area contributed by atoms with E-state index in [0.717, 1.165) is 23.1 Å². The lowest BCUT2D eigenvalue weighted by Crippen LogP contribution is -2.48. The van der Waals surface area contributed by atoms with E-state index in [0.29, 0.717) is 37.7 Å². The molecule has 1 aliphatic rings. The maximum Gasteiger partial charge on any atom is 0.254 e. The summed E-state index contributed by atoms with van der Waals surface area (Å²) >= 11 is 0. The summed E-state index contributed by atoms with van der Waals surface area (Å²) in [7, 11) is 1.73. The lowest BCUT2D eigenvalue weighted by atomic mass is 10.1. The summed E-state index contributed by atoms with van der Waals surface area (Å²) in [5.74, 6) is 0.528. The van der Waals surface area contributed by atoms with E-state index < -0.39 is 0 Å². The molecular formula is C25H33FN4O2. The number of morpholine rings is 1. The van der Waals surface area contributed by atoms with E-state index in [1.807, 2.05) is 56.0 Å². The molecule has 0 spiro atoms. The highest BCUT2D eigenvalue weighted by atomic mass is 19.1. The fraction of sp³-hybridized carbons (Fsp3) is 0.440.